The van der Waals surface area contributed by atoms with Gasteiger partial charge in [-0.25, -0.2) is 9.59 Å². The molecule has 4 amide bonds. The number of rotatable bonds is 7. The van der Waals surface area contributed by atoms with Crippen LogP contribution in [0.1, 0.15) is 29.3 Å². The number of nitrogens with zero attached hydrogens (tertiary/aromatic N) is 2. The summed E-state index contributed by atoms with van der Waals surface area (Å²) in [6, 6.07) is 13.3. The number of esters is 1. The number of nitrogens with one attached hydrogen (secondary N) is 2. The summed E-state index contributed by atoms with van der Waals surface area (Å²) in [5.74, 6) is -1.72. The molecule has 2 fully saturated rings. The molecule has 10 heteroatoms. The van der Waals surface area contributed by atoms with Gasteiger partial charge in [0.2, 0.25) is 5.91 Å². The van der Waals surface area contributed by atoms with Gasteiger partial charge in [0.25, 0.3) is 5.91 Å². The maximum absolute atomic E-state index is 13.3. The smallest absolute Gasteiger partial charge is 0.340 e. The Morgan fingerprint density at radius 3 is 2.49 bits per heavy atom. The fourth-order valence-corrected chi connectivity index (χ4v) is 4.40. The van der Waals surface area contributed by atoms with Crippen molar-refractivity contribution in [3.63, 3.8) is 0 Å². The molecular formula is C25H28N4O6. The average Bonchev–Trinajstić information content (AvgIpc) is 3.14. The van der Waals surface area contributed by atoms with E-state index in [4.69, 9.17) is 9.47 Å². The Kier molecular flexibility index (Phi) is 7.02. The summed E-state index contributed by atoms with van der Waals surface area (Å²) in [6.07, 6.45) is 0.329. The molecule has 2 heterocycles. The molecule has 1 atom stereocenters. The molecule has 35 heavy (non-hydrogen) atoms. The molecule has 0 bridgehead atoms. The zero-order valence-corrected chi connectivity index (χ0v) is 19.7. The van der Waals surface area contributed by atoms with Crippen LogP contribution in [0.2, 0.25) is 0 Å². The van der Waals surface area contributed by atoms with E-state index in [1.165, 1.54) is 7.11 Å². The van der Waals surface area contributed by atoms with Crippen molar-refractivity contribution < 1.29 is 28.7 Å². The summed E-state index contributed by atoms with van der Waals surface area (Å²) in [4.78, 5) is 54.2. The van der Waals surface area contributed by atoms with Crippen LogP contribution in [0.4, 0.5) is 16.2 Å². The lowest BCUT2D eigenvalue weighted by Gasteiger charge is -2.29. The van der Waals surface area contributed by atoms with Gasteiger partial charge in [0.1, 0.15) is 12.1 Å². The van der Waals surface area contributed by atoms with Gasteiger partial charge in [0, 0.05) is 18.8 Å². The standard InChI is InChI=1S/C25H28N4O6/c1-3-25(17-7-5-4-6-8-17)23(32)29(24(33)27-25)16-21(30)26-20-10-9-18(15-19(20)22(31)34-2)28-11-13-35-14-12-28/h4-10,15H,3,11-14,16H2,1-2H3,(H,26,30)(H,27,33). The number of carbonyl (C=O) groups is 4. The predicted octanol–water partition coefficient (Wildman–Crippen LogP) is 2.11. The maximum atomic E-state index is 13.3. The first-order valence-corrected chi connectivity index (χ1v) is 11.4. The van der Waals surface area contributed by atoms with E-state index in [0.29, 0.717) is 38.3 Å². The summed E-state index contributed by atoms with van der Waals surface area (Å²) in [5, 5.41) is 5.40. The monoisotopic (exact) mass is 480 g/mol. The summed E-state index contributed by atoms with van der Waals surface area (Å²) < 4.78 is 10.3. The van der Waals surface area contributed by atoms with E-state index in [1.807, 2.05) is 6.07 Å². The minimum Gasteiger partial charge on any atom is -0.465 e. The molecule has 0 spiro atoms. The topological polar surface area (TPSA) is 117 Å². The summed E-state index contributed by atoms with van der Waals surface area (Å²) in [7, 11) is 1.26. The van der Waals surface area contributed by atoms with E-state index in [-0.39, 0.29) is 11.3 Å². The molecule has 0 saturated carbocycles. The highest BCUT2D eigenvalue weighted by atomic mass is 16.5. The lowest BCUT2D eigenvalue weighted by molar-refractivity contribution is -0.134. The first kappa shape index (κ1) is 24.2. The Hall–Kier alpha value is -3.92. The Balaban J connectivity index is 1.52. The summed E-state index contributed by atoms with van der Waals surface area (Å²) >= 11 is 0. The van der Waals surface area contributed by atoms with Crippen LogP contribution in [0.5, 0.6) is 0 Å². The van der Waals surface area contributed by atoms with Gasteiger partial charge in [-0.1, -0.05) is 37.3 Å². The van der Waals surface area contributed by atoms with Gasteiger partial charge in [-0.2, -0.15) is 0 Å². The third kappa shape index (κ3) is 4.69. The maximum Gasteiger partial charge on any atom is 0.340 e. The van der Waals surface area contributed by atoms with Crippen LogP contribution in [-0.4, -0.2) is 68.7 Å². The average molecular weight is 481 g/mol. The van der Waals surface area contributed by atoms with Crippen LogP contribution in [0.25, 0.3) is 0 Å². The summed E-state index contributed by atoms with van der Waals surface area (Å²) in [6.45, 7) is 3.83. The van der Waals surface area contributed by atoms with Crippen molar-refractivity contribution in [2.45, 2.75) is 18.9 Å². The Bertz CT molecular complexity index is 1130. The predicted molar refractivity (Wildman–Crippen MR) is 128 cm³/mol. The van der Waals surface area contributed by atoms with Gasteiger partial charge in [0.15, 0.2) is 0 Å². The van der Waals surface area contributed by atoms with Crippen molar-refractivity contribution in [1.29, 1.82) is 0 Å². The number of amides is 4. The minimum absolute atomic E-state index is 0.175. The second-order valence-electron chi connectivity index (χ2n) is 8.32. The number of ether oxygens (including phenoxy) is 2. The number of imide groups is 1. The minimum atomic E-state index is -1.23. The number of benzene rings is 2. The summed E-state index contributed by atoms with van der Waals surface area (Å²) in [5.41, 5.74) is 0.632. The molecule has 0 aliphatic carbocycles. The lowest BCUT2D eigenvalue weighted by atomic mass is 9.87. The number of carbonyl (C=O) groups excluding carboxylic acids is 4. The van der Waals surface area contributed by atoms with Crippen molar-refractivity contribution in [2.24, 2.45) is 0 Å². The van der Waals surface area contributed by atoms with Crippen molar-refractivity contribution in [2.75, 3.05) is 50.2 Å². The van der Waals surface area contributed by atoms with Gasteiger partial charge < -0.3 is 25.0 Å². The van der Waals surface area contributed by atoms with Crippen LogP contribution in [0.3, 0.4) is 0 Å². The van der Waals surface area contributed by atoms with E-state index in [1.54, 1.807) is 49.4 Å². The number of anilines is 2. The van der Waals surface area contributed by atoms with Crippen LogP contribution in [0, 0.1) is 0 Å². The third-order valence-corrected chi connectivity index (χ3v) is 6.33. The van der Waals surface area contributed by atoms with Crippen LogP contribution in [0.15, 0.2) is 48.5 Å². The quantitative estimate of drug-likeness (QED) is 0.460. The fraction of sp³-hybridized carbons (Fsp3) is 0.360. The van der Waals surface area contributed by atoms with Crippen molar-refractivity contribution in [3.8, 4) is 0 Å². The van der Waals surface area contributed by atoms with E-state index in [0.717, 1.165) is 10.6 Å². The molecule has 2 N–H and O–H groups in total. The number of urea groups is 1. The van der Waals surface area contributed by atoms with E-state index >= 15 is 0 Å². The number of morpholine rings is 1. The molecule has 2 aliphatic heterocycles. The Morgan fingerprint density at radius 2 is 1.83 bits per heavy atom. The number of hydrogen-bond acceptors (Lipinski definition) is 7. The van der Waals surface area contributed by atoms with Crippen molar-refractivity contribution in [3.05, 3.63) is 59.7 Å². The molecule has 2 aromatic carbocycles. The van der Waals surface area contributed by atoms with Crippen LogP contribution < -0.4 is 15.5 Å². The van der Waals surface area contributed by atoms with Crippen molar-refractivity contribution in [1.82, 2.24) is 10.2 Å². The normalized spacial score (nSPS) is 19.9. The highest BCUT2D eigenvalue weighted by molar-refractivity contribution is 6.11. The molecule has 2 saturated heterocycles. The van der Waals surface area contributed by atoms with Crippen LogP contribution in [-0.2, 0) is 24.6 Å². The van der Waals surface area contributed by atoms with Gasteiger partial charge >= 0.3 is 12.0 Å². The molecule has 1 unspecified atom stereocenters. The number of methoxy groups -OCH3 is 1. The number of hydrogen-bond donors (Lipinski definition) is 2. The fourth-order valence-electron chi connectivity index (χ4n) is 4.40. The van der Waals surface area contributed by atoms with Gasteiger partial charge in [-0.3, -0.25) is 14.5 Å². The second-order valence-corrected chi connectivity index (χ2v) is 8.32. The highest BCUT2D eigenvalue weighted by Gasteiger charge is 2.51. The van der Waals surface area contributed by atoms with Gasteiger partial charge in [0.05, 0.1) is 31.6 Å². The van der Waals surface area contributed by atoms with Crippen LogP contribution >= 0.6 is 0 Å². The molecule has 0 aromatic heterocycles. The first-order chi connectivity index (χ1) is 16.9. The van der Waals surface area contributed by atoms with E-state index in [9.17, 15) is 19.2 Å². The highest BCUT2D eigenvalue weighted by Crippen LogP contribution is 2.32. The Morgan fingerprint density at radius 1 is 1.11 bits per heavy atom. The zero-order chi connectivity index (χ0) is 25.0. The van der Waals surface area contributed by atoms with Crippen molar-refractivity contribution >= 4 is 35.2 Å². The largest absolute Gasteiger partial charge is 0.465 e. The molecule has 4 rings (SSSR count). The second kappa shape index (κ2) is 10.1. The molecule has 0 radical (unpaired) electrons. The molecule has 2 aliphatic rings. The van der Waals surface area contributed by atoms with Gasteiger partial charge in [-0.15, -0.1) is 0 Å². The molecular weight excluding hydrogens is 452 g/mol. The third-order valence-electron chi connectivity index (χ3n) is 6.33. The zero-order valence-electron chi connectivity index (χ0n) is 19.7. The molecule has 2 aromatic rings. The first-order valence-electron chi connectivity index (χ1n) is 11.4. The Labute approximate surface area is 203 Å². The van der Waals surface area contributed by atoms with E-state index in [2.05, 4.69) is 15.5 Å². The molecule has 184 valence electrons. The SMILES string of the molecule is CCC1(c2ccccc2)NC(=O)N(CC(=O)Nc2ccc(N3CCOCC3)cc2C(=O)OC)C1=O. The lowest BCUT2D eigenvalue weighted by Crippen LogP contribution is -2.44. The van der Waals surface area contributed by atoms with Gasteiger partial charge in [-0.05, 0) is 30.2 Å². The molecule has 10 nitrogen and oxygen atoms in total. The van der Waals surface area contributed by atoms with E-state index < -0.39 is 35.9 Å².